The first-order valence-electron chi connectivity index (χ1n) is 2.38. The third kappa shape index (κ3) is 9.69. The van der Waals surface area contributed by atoms with Crippen LogP contribution in [0.15, 0.2) is 0 Å². The van der Waals surface area contributed by atoms with Crippen LogP contribution in [0.1, 0.15) is 0 Å². The molecule has 8 heavy (non-hydrogen) atoms. The quantitative estimate of drug-likeness (QED) is 0.293. The monoisotopic (exact) mass is 110 g/mol. The molecule has 3 N–H and O–H groups in total. The van der Waals surface area contributed by atoms with E-state index in [0.29, 0.717) is 19.6 Å². The van der Waals surface area contributed by atoms with Crippen LogP contribution in [-0.4, -0.2) is 31.3 Å². The molecule has 0 unspecified atom stereocenters. The van der Waals surface area contributed by atoms with Gasteiger partial charge in [0, 0.05) is 6.54 Å². The van der Waals surface area contributed by atoms with Gasteiger partial charge in [-0.2, -0.15) is 0 Å². The molecule has 0 amide bonds. The number of nitrogens with one attached hydrogen (secondary N) is 2. The molecule has 0 fully saturated rings. The molecule has 3 nitrogen and oxygen atoms in total. The van der Waals surface area contributed by atoms with E-state index in [-0.39, 0.29) is 25.5 Å². The number of rotatable bonds is 4. The summed E-state index contributed by atoms with van der Waals surface area (Å²) in [6, 6.07) is 0. The number of hydrogen-bond donors (Lipinski definition) is 2. The minimum Gasteiger partial charge on any atom is -0.676 e. The zero-order valence-electron chi connectivity index (χ0n) is 5.28. The van der Waals surface area contributed by atoms with Crippen LogP contribution in [0.4, 0.5) is 0 Å². The molecular formula is C4H11LiN2O. The van der Waals surface area contributed by atoms with Crippen LogP contribution < -0.4 is 24.2 Å². The minimum atomic E-state index is 0. The molecule has 4 heteroatoms. The van der Waals surface area contributed by atoms with Gasteiger partial charge in [0.15, 0.2) is 0 Å². The normalized spacial score (nSPS) is 8.25. The van der Waals surface area contributed by atoms with E-state index in [1.807, 2.05) is 0 Å². The second-order valence-electron chi connectivity index (χ2n) is 1.22. The summed E-state index contributed by atoms with van der Waals surface area (Å²) in [5.74, 6) is 0. The molecule has 0 heterocycles. The molecule has 0 aliphatic carbocycles. The average Bonchev–Trinajstić information content (AvgIpc) is 1.69. The number of aliphatic hydroxyl groups excluding tert-OH is 1. The van der Waals surface area contributed by atoms with E-state index >= 15 is 0 Å². The fraction of sp³-hybridized carbons (Fsp3) is 1.00. The summed E-state index contributed by atoms with van der Waals surface area (Å²) in [5.41, 5.74) is 6.64. The van der Waals surface area contributed by atoms with Gasteiger partial charge in [0.1, 0.15) is 0 Å². The summed E-state index contributed by atoms with van der Waals surface area (Å²) in [5, 5.41) is 11.0. The summed E-state index contributed by atoms with van der Waals surface area (Å²) in [4.78, 5) is 0. The van der Waals surface area contributed by atoms with Gasteiger partial charge < -0.3 is 16.2 Å². The van der Waals surface area contributed by atoms with Crippen molar-refractivity contribution in [3.8, 4) is 0 Å². The maximum atomic E-state index is 8.17. The van der Waals surface area contributed by atoms with Crippen molar-refractivity contribution in [3.05, 3.63) is 5.73 Å². The Morgan fingerprint density at radius 2 is 2.00 bits per heavy atom. The Morgan fingerprint density at radius 3 is 2.38 bits per heavy atom. The van der Waals surface area contributed by atoms with E-state index in [0.717, 1.165) is 0 Å². The van der Waals surface area contributed by atoms with Gasteiger partial charge >= 0.3 is 18.9 Å². The van der Waals surface area contributed by atoms with Crippen molar-refractivity contribution >= 4 is 0 Å². The maximum absolute atomic E-state index is 8.17. The smallest absolute Gasteiger partial charge is 0.676 e. The first-order chi connectivity index (χ1) is 3.41. The second-order valence-corrected chi connectivity index (χ2v) is 1.22. The van der Waals surface area contributed by atoms with Gasteiger partial charge in [0.05, 0.1) is 6.61 Å². The molecule has 0 atom stereocenters. The van der Waals surface area contributed by atoms with Crippen molar-refractivity contribution in [2.45, 2.75) is 0 Å². The summed E-state index contributed by atoms with van der Waals surface area (Å²) in [7, 11) is 0. The molecule has 44 valence electrons. The molecule has 0 bridgehead atoms. The zero-order valence-corrected chi connectivity index (χ0v) is 5.28. The Bertz CT molecular complexity index is 33.2. The summed E-state index contributed by atoms with van der Waals surface area (Å²) in [6.07, 6.45) is 0. The van der Waals surface area contributed by atoms with Gasteiger partial charge in [0.2, 0.25) is 0 Å². The molecular weight excluding hydrogens is 99.0 g/mol. The van der Waals surface area contributed by atoms with E-state index < -0.39 is 0 Å². The Balaban J connectivity index is 0. The molecule has 0 aliphatic heterocycles. The Labute approximate surface area is 61.8 Å². The second kappa shape index (κ2) is 10.5. The van der Waals surface area contributed by atoms with Crippen molar-refractivity contribution in [2.24, 2.45) is 0 Å². The Hall–Kier alpha value is 0.477. The SMILES string of the molecule is [Li+].[NH-]CCNCCO. The van der Waals surface area contributed by atoms with Crippen molar-refractivity contribution in [1.29, 1.82) is 0 Å². The van der Waals surface area contributed by atoms with Crippen LogP contribution in [0, 0.1) is 0 Å². The van der Waals surface area contributed by atoms with Gasteiger partial charge in [-0.3, -0.25) is 0 Å². The Kier molecular flexibility index (Phi) is 14.8. The van der Waals surface area contributed by atoms with Gasteiger partial charge in [-0.1, -0.05) is 0 Å². The van der Waals surface area contributed by atoms with Crippen molar-refractivity contribution < 1.29 is 24.0 Å². The summed E-state index contributed by atoms with van der Waals surface area (Å²) < 4.78 is 0. The Morgan fingerprint density at radius 1 is 1.38 bits per heavy atom. The van der Waals surface area contributed by atoms with Crippen LogP contribution in [0.3, 0.4) is 0 Å². The van der Waals surface area contributed by atoms with E-state index in [4.69, 9.17) is 10.8 Å². The van der Waals surface area contributed by atoms with Crippen molar-refractivity contribution in [2.75, 3.05) is 26.2 Å². The van der Waals surface area contributed by atoms with Gasteiger partial charge in [0.25, 0.3) is 0 Å². The molecule has 0 aromatic heterocycles. The molecule has 0 saturated heterocycles. The summed E-state index contributed by atoms with van der Waals surface area (Å²) in [6.45, 7) is 1.85. The van der Waals surface area contributed by atoms with Crippen molar-refractivity contribution in [3.63, 3.8) is 0 Å². The zero-order chi connectivity index (χ0) is 5.54. The van der Waals surface area contributed by atoms with Crippen LogP contribution in [0.5, 0.6) is 0 Å². The van der Waals surface area contributed by atoms with Gasteiger partial charge in [-0.25, -0.2) is 0 Å². The van der Waals surface area contributed by atoms with E-state index in [9.17, 15) is 0 Å². The van der Waals surface area contributed by atoms with E-state index in [2.05, 4.69) is 5.32 Å². The maximum Gasteiger partial charge on any atom is 1.00 e. The van der Waals surface area contributed by atoms with Crippen molar-refractivity contribution in [1.82, 2.24) is 5.32 Å². The standard InChI is InChI=1S/C4H11N2O.Li/c5-1-2-6-3-4-7;/h5-7H,1-4H2;/q-1;+1. The third-order valence-electron chi connectivity index (χ3n) is 0.590. The molecule has 0 saturated carbocycles. The average molecular weight is 110 g/mol. The first-order valence-corrected chi connectivity index (χ1v) is 2.38. The van der Waals surface area contributed by atoms with Gasteiger partial charge in [-0.05, 0) is 6.54 Å². The predicted molar refractivity (Wildman–Crippen MR) is 29.1 cm³/mol. The topological polar surface area (TPSA) is 56.1 Å². The van der Waals surface area contributed by atoms with Gasteiger partial charge in [-0.15, -0.1) is 6.54 Å². The molecule has 0 radical (unpaired) electrons. The summed E-state index contributed by atoms with van der Waals surface area (Å²) >= 11 is 0. The molecule has 0 aliphatic rings. The third-order valence-corrected chi connectivity index (χ3v) is 0.590. The van der Waals surface area contributed by atoms with Crippen LogP contribution in [0.25, 0.3) is 5.73 Å². The molecule has 0 rings (SSSR count). The number of aliphatic hydroxyl groups is 1. The van der Waals surface area contributed by atoms with E-state index in [1.54, 1.807) is 0 Å². The van der Waals surface area contributed by atoms with E-state index in [1.165, 1.54) is 0 Å². The van der Waals surface area contributed by atoms with Crippen LogP contribution in [0.2, 0.25) is 0 Å². The molecule has 0 aromatic carbocycles. The first kappa shape index (κ1) is 11.3. The fourth-order valence-corrected chi connectivity index (χ4v) is 0.292. The van der Waals surface area contributed by atoms with Crippen LogP contribution >= 0.6 is 0 Å². The largest absolute Gasteiger partial charge is 1.00 e. The fourth-order valence-electron chi connectivity index (χ4n) is 0.292. The minimum absolute atomic E-state index is 0. The number of hydrogen-bond acceptors (Lipinski definition) is 2. The molecule has 0 aromatic rings. The predicted octanol–water partition coefficient (Wildman–Crippen LogP) is -3.38. The van der Waals surface area contributed by atoms with Crippen LogP contribution in [-0.2, 0) is 0 Å². The molecule has 0 spiro atoms.